The lowest BCUT2D eigenvalue weighted by Gasteiger charge is -2.18. The Kier molecular flexibility index (Phi) is 6.66. The molecule has 0 unspecified atom stereocenters. The number of aromatic nitrogens is 1. The van der Waals surface area contributed by atoms with Gasteiger partial charge in [0.2, 0.25) is 0 Å². The van der Waals surface area contributed by atoms with Crippen LogP contribution < -0.4 is 20.5 Å². The summed E-state index contributed by atoms with van der Waals surface area (Å²) in [7, 11) is 1.49. The summed E-state index contributed by atoms with van der Waals surface area (Å²) in [4.78, 5) is 4.47. The number of alkyl halides is 3. The van der Waals surface area contributed by atoms with Crippen LogP contribution in [0.1, 0.15) is 24.0 Å². The van der Waals surface area contributed by atoms with Crippen molar-refractivity contribution < 1.29 is 22.6 Å². The standard InChI is InChI=1S/C22H24F3N3O2/c1-14-8-11-28-20-17(27-10-4-3-9-26)13-18(29-2)21(19(14)20)30-16-7-5-6-15(12-16)22(23,24)25/h5-8,11-13,27H,3-4,9-10,26H2,1-2H3. The molecule has 0 saturated carbocycles. The van der Waals surface area contributed by atoms with Gasteiger partial charge in [0.15, 0.2) is 11.5 Å². The highest BCUT2D eigenvalue weighted by molar-refractivity contribution is 5.99. The van der Waals surface area contributed by atoms with E-state index in [9.17, 15) is 13.2 Å². The van der Waals surface area contributed by atoms with Gasteiger partial charge in [0.25, 0.3) is 0 Å². The van der Waals surface area contributed by atoms with Crippen LogP contribution in [0.2, 0.25) is 0 Å². The largest absolute Gasteiger partial charge is 0.493 e. The van der Waals surface area contributed by atoms with Crippen molar-refractivity contribution in [1.29, 1.82) is 0 Å². The molecule has 8 heteroatoms. The maximum Gasteiger partial charge on any atom is 0.416 e. The van der Waals surface area contributed by atoms with Gasteiger partial charge in [-0.2, -0.15) is 13.2 Å². The molecule has 0 bridgehead atoms. The molecule has 0 spiro atoms. The average Bonchev–Trinajstić information content (AvgIpc) is 2.72. The average molecular weight is 419 g/mol. The predicted molar refractivity (Wildman–Crippen MR) is 111 cm³/mol. The van der Waals surface area contributed by atoms with Crippen LogP contribution >= 0.6 is 0 Å². The quantitative estimate of drug-likeness (QED) is 0.471. The number of anilines is 1. The Morgan fingerprint density at radius 3 is 2.63 bits per heavy atom. The van der Waals surface area contributed by atoms with Crippen LogP contribution in [-0.4, -0.2) is 25.2 Å². The molecule has 3 aromatic rings. The molecular formula is C22H24F3N3O2. The summed E-state index contributed by atoms with van der Waals surface area (Å²) >= 11 is 0. The first-order valence-corrected chi connectivity index (χ1v) is 9.60. The number of nitrogens with two attached hydrogens (primary N) is 1. The van der Waals surface area contributed by atoms with Gasteiger partial charge in [0, 0.05) is 18.8 Å². The molecule has 0 amide bonds. The molecule has 0 atom stereocenters. The minimum absolute atomic E-state index is 0.0660. The Labute approximate surface area is 173 Å². The first kappa shape index (κ1) is 21.7. The minimum Gasteiger partial charge on any atom is -0.493 e. The second-order valence-corrected chi connectivity index (χ2v) is 6.86. The van der Waals surface area contributed by atoms with Crippen LogP contribution in [0.25, 0.3) is 10.9 Å². The number of hydrogen-bond acceptors (Lipinski definition) is 5. The summed E-state index contributed by atoms with van der Waals surface area (Å²) in [6.45, 7) is 3.21. The van der Waals surface area contributed by atoms with Crippen LogP contribution in [0.4, 0.5) is 18.9 Å². The van der Waals surface area contributed by atoms with Crippen molar-refractivity contribution in [2.24, 2.45) is 5.73 Å². The zero-order chi connectivity index (χ0) is 21.7. The normalized spacial score (nSPS) is 11.5. The van der Waals surface area contributed by atoms with Crippen molar-refractivity contribution >= 4 is 16.6 Å². The van der Waals surface area contributed by atoms with Gasteiger partial charge in [-0.25, -0.2) is 0 Å². The Balaban J connectivity index is 2.06. The lowest BCUT2D eigenvalue weighted by atomic mass is 10.1. The molecule has 0 aliphatic carbocycles. The first-order valence-electron chi connectivity index (χ1n) is 9.60. The van der Waals surface area contributed by atoms with Crippen LogP contribution in [0.5, 0.6) is 17.2 Å². The summed E-state index contributed by atoms with van der Waals surface area (Å²) in [6, 6.07) is 8.33. The number of nitrogens with zero attached hydrogens (tertiary/aromatic N) is 1. The summed E-state index contributed by atoms with van der Waals surface area (Å²) in [5.41, 5.74) is 7.05. The molecule has 160 valence electrons. The predicted octanol–water partition coefficient (Wildman–Crippen LogP) is 5.51. The molecular weight excluding hydrogens is 395 g/mol. The summed E-state index contributed by atoms with van der Waals surface area (Å²) in [6.07, 6.45) is -0.983. The van der Waals surface area contributed by atoms with Crippen molar-refractivity contribution in [1.82, 2.24) is 4.98 Å². The van der Waals surface area contributed by atoms with Crippen molar-refractivity contribution in [2.75, 3.05) is 25.5 Å². The Hall–Kier alpha value is -3.00. The van der Waals surface area contributed by atoms with Gasteiger partial charge >= 0.3 is 6.18 Å². The van der Waals surface area contributed by atoms with Gasteiger partial charge in [-0.3, -0.25) is 4.98 Å². The van der Waals surface area contributed by atoms with Crippen molar-refractivity contribution in [3.8, 4) is 17.2 Å². The molecule has 3 N–H and O–H groups in total. The smallest absolute Gasteiger partial charge is 0.416 e. The van der Waals surface area contributed by atoms with Crippen molar-refractivity contribution in [3.05, 3.63) is 53.7 Å². The summed E-state index contributed by atoms with van der Waals surface area (Å²) < 4.78 is 50.7. The number of nitrogens with one attached hydrogen (secondary N) is 1. The van der Waals surface area contributed by atoms with Crippen LogP contribution in [-0.2, 0) is 6.18 Å². The van der Waals surface area contributed by atoms with Crippen molar-refractivity contribution in [2.45, 2.75) is 25.9 Å². The molecule has 0 aliphatic heterocycles. The molecule has 1 heterocycles. The third-order valence-corrected chi connectivity index (χ3v) is 4.69. The molecule has 30 heavy (non-hydrogen) atoms. The number of fused-ring (bicyclic) bond motifs is 1. The highest BCUT2D eigenvalue weighted by atomic mass is 19.4. The molecule has 0 fully saturated rings. The van der Waals surface area contributed by atoms with E-state index in [1.165, 1.54) is 19.2 Å². The third kappa shape index (κ3) is 4.76. The van der Waals surface area contributed by atoms with Crippen LogP contribution in [0, 0.1) is 6.92 Å². The number of methoxy groups -OCH3 is 1. The van der Waals surface area contributed by atoms with E-state index in [1.807, 2.05) is 13.0 Å². The summed E-state index contributed by atoms with van der Waals surface area (Å²) in [5, 5.41) is 4.02. The van der Waals surface area contributed by atoms with Crippen LogP contribution in [0.3, 0.4) is 0 Å². The Bertz CT molecular complexity index is 1020. The van der Waals surface area contributed by atoms with Gasteiger partial charge < -0.3 is 20.5 Å². The number of unbranched alkanes of at least 4 members (excludes halogenated alkanes) is 1. The Morgan fingerprint density at radius 2 is 1.93 bits per heavy atom. The molecule has 2 aromatic carbocycles. The van der Waals surface area contributed by atoms with Gasteiger partial charge in [-0.15, -0.1) is 0 Å². The van der Waals surface area contributed by atoms with E-state index in [1.54, 1.807) is 12.3 Å². The fourth-order valence-electron chi connectivity index (χ4n) is 3.17. The lowest BCUT2D eigenvalue weighted by molar-refractivity contribution is -0.137. The van der Waals surface area contributed by atoms with Crippen LogP contribution in [0.15, 0.2) is 42.6 Å². The highest BCUT2D eigenvalue weighted by Crippen LogP contribution is 2.44. The maximum absolute atomic E-state index is 13.1. The number of ether oxygens (including phenoxy) is 2. The first-order chi connectivity index (χ1) is 14.3. The Morgan fingerprint density at radius 1 is 1.13 bits per heavy atom. The zero-order valence-corrected chi connectivity index (χ0v) is 16.8. The monoisotopic (exact) mass is 419 g/mol. The minimum atomic E-state index is -4.46. The van der Waals surface area contributed by atoms with E-state index < -0.39 is 11.7 Å². The molecule has 3 rings (SSSR count). The van der Waals surface area contributed by atoms with Gasteiger partial charge in [-0.1, -0.05) is 6.07 Å². The van der Waals surface area contributed by atoms with E-state index in [0.717, 1.165) is 36.2 Å². The number of rotatable bonds is 8. The highest BCUT2D eigenvalue weighted by Gasteiger charge is 2.31. The number of pyridine rings is 1. The van der Waals surface area contributed by atoms with E-state index in [2.05, 4.69) is 10.3 Å². The molecule has 1 aromatic heterocycles. The van der Waals surface area contributed by atoms with E-state index in [4.69, 9.17) is 15.2 Å². The number of benzene rings is 2. The number of hydrogen-bond donors (Lipinski definition) is 2. The fraction of sp³-hybridized carbons (Fsp3) is 0.318. The molecule has 0 radical (unpaired) electrons. The molecule has 5 nitrogen and oxygen atoms in total. The second kappa shape index (κ2) is 9.21. The van der Waals surface area contributed by atoms with Crippen molar-refractivity contribution in [3.63, 3.8) is 0 Å². The lowest BCUT2D eigenvalue weighted by Crippen LogP contribution is -2.07. The number of aryl methyl sites for hydroxylation is 1. The van der Waals surface area contributed by atoms with Gasteiger partial charge in [0.1, 0.15) is 5.75 Å². The van der Waals surface area contributed by atoms with E-state index in [-0.39, 0.29) is 5.75 Å². The molecule has 0 saturated heterocycles. The van der Waals surface area contributed by atoms with Gasteiger partial charge in [-0.05, 0) is 56.1 Å². The second-order valence-electron chi connectivity index (χ2n) is 6.86. The SMILES string of the molecule is COc1cc(NCCCCN)c2nccc(C)c2c1Oc1cccc(C(F)(F)F)c1. The maximum atomic E-state index is 13.1. The number of halogens is 3. The van der Waals surface area contributed by atoms with Gasteiger partial charge in [0.05, 0.1) is 29.3 Å². The topological polar surface area (TPSA) is 69.4 Å². The molecule has 0 aliphatic rings. The van der Waals surface area contributed by atoms with E-state index in [0.29, 0.717) is 35.5 Å². The fourth-order valence-corrected chi connectivity index (χ4v) is 3.17. The van der Waals surface area contributed by atoms with E-state index >= 15 is 0 Å². The third-order valence-electron chi connectivity index (χ3n) is 4.69. The summed E-state index contributed by atoms with van der Waals surface area (Å²) in [5.74, 6) is 0.790. The zero-order valence-electron chi connectivity index (χ0n) is 16.8.